The molecule has 0 amide bonds. The Labute approximate surface area is 64.4 Å². The molecule has 0 spiro atoms. The Morgan fingerprint density at radius 2 is 2.27 bits per heavy atom. The lowest BCUT2D eigenvalue weighted by molar-refractivity contribution is -0.105. The Balaban J connectivity index is 2.35. The number of aromatic amines is 1. The summed E-state index contributed by atoms with van der Waals surface area (Å²) in [6, 6.07) is 0. The van der Waals surface area contributed by atoms with Crippen LogP contribution >= 0.6 is 11.8 Å². The molecule has 0 aliphatic rings. The average Bonchev–Trinajstić information content (AvgIpc) is 2.32. The van der Waals surface area contributed by atoms with Crippen LogP contribution in [-0.2, 0) is 0 Å². The van der Waals surface area contributed by atoms with E-state index in [1.165, 1.54) is 6.20 Å². The fourth-order valence-corrected chi connectivity index (χ4v) is 0.961. The largest absolute Gasteiger partial charge is 0.398 e. The maximum atomic E-state index is 11.6. The number of hydrogen-bond donors (Lipinski definition) is 1. The van der Waals surface area contributed by atoms with Gasteiger partial charge in [-0.1, -0.05) is 11.8 Å². The van der Waals surface area contributed by atoms with Crippen molar-refractivity contribution < 1.29 is 13.2 Å². The highest BCUT2D eigenvalue weighted by atomic mass is 32.2. The van der Waals surface area contributed by atoms with Crippen LogP contribution in [0.25, 0.3) is 0 Å². The van der Waals surface area contributed by atoms with Crippen LogP contribution in [0, 0.1) is 0 Å². The van der Waals surface area contributed by atoms with Crippen molar-refractivity contribution in [2.24, 2.45) is 0 Å². The molecule has 7 heteroatoms. The first-order valence-electron chi connectivity index (χ1n) is 2.63. The highest BCUT2D eigenvalue weighted by Crippen LogP contribution is 2.24. The quantitative estimate of drug-likeness (QED) is 0.705. The van der Waals surface area contributed by atoms with Crippen molar-refractivity contribution in [1.29, 1.82) is 0 Å². The summed E-state index contributed by atoms with van der Waals surface area (Å²) < 4.78 is 34.7. The zero-order valence-corrected chi connectivity index (χ0v) is 6.04. The van der Waals surface area contributed by atoms with Gasteiger partial charge in [-0.25, -0.2) is 0 Å². The molecule has 1 N–H and O–H groups in total. The van der Waals surface area contributed by atoms with Crippen LogP contribution in [0.1, 0.15) is 0 Å². The summed E-state index contributed by atoms with van der Waals surface area (Å²) in [5, 5.41) is 9.27. The molecule has 1 aromatic rings. The van der Waals surface area contributed by atoms with Crippen molar-refractivity contribution in [3.05, 3.63) is 6.20 Å². The van der Waals surface area contributed by atoms with Crippen LogP contribution in [0.2, 0.25) is 0 Å². The van der Waals surface area contributed by atoms with Crippen LogP contribution in [0.3, 0.4) is 0 Å². The van der Waals surface area contributed by atoms with Crippen LogP contribution < -0.4 is 0 Å². The molecule has 0 saturated heterocycles. The number of aromatic nitrogens is 3. The van der Waals surface area contributed by atoms with E-state index < -0.39 is 11.9 Å². The van der Waals surface area contributed by atoms with E-state index in [1.54, 1.807) is 0 Å². The molecule has 3 nitrogen and oxygen atoms in total. The van der Waals surface area contributed by atoms with Crippen LogP contribution in [0.5, 0.6) is 0 Å². The van der Waals surface area contributed by atoms with E-state index in [2.05, 4.69) is 15.4 Å². The molecule has 1 aromatic heterocycles. The Bertz CT molecular complexity index is 207. The second kappa shape index (κ2) is 3.12. The number of halogens is 3. The number of rotatable bonds is 2. The van der Waals surface area contributed by atoms with Gasteiger partial charge in [0.25, 0.3) is 0 Å². The second-order valence-electron chi connectivity index (χ2n) is 1.71. The number of hydrogen-bond acceptors (Lipinski definition) is 3. The van der Waals surface area contributed by atoms with Crippen molar-refractivity contribution in [3.63, 3.8) is 0 Å². The van der Waals surface area contributed by atoms with Gasteiger partial charge in [0.2, 0.25) is 0 Å². The lowest BCUT2D eigenvalue weighted by atomic mass is 10.8. The third-order valence-electron chi connectivity index (χ3n) is 0.777. The molecule has 1 heterocycles. The molecule has 0 aliphatic carbocycles. The summed E-state index contributed by atoms with van der Waals surface area (Å²) in [4.78, 5) is 0. The molecule has 0 fully saturated rings. The van der Waals surface area contributed by atoms with Crippen molar-refractivity contribution in [2.75, 3.05) is 5.75 Å². The van der Waals surface area contributed by atoms with Gasteiger partial charge in [-0.3, -0.25) is 0 Å². The van der Waals surface area contributed by atoms with E-state index in [4.69, 9.17) is 0 Å². The second-order valence-corrected chi connectivity index (χ2v) is 2.71. The molecule has 0 aliphatic heterocycles. The highest BCUT2D eigenvalue weighted by molar-refractivity contribution is 7.99. The van der Waals surface area contributed by atoms with E-state index in [9.17, 15) is 13.2 Å². The van der Waals surface area contributed by atoms with E-state index in [1.807, 2.05) is 0 Å². The first kappa shape index (κ1) is 8.38. The first-order chi connectivity index (χ1) is 5.08. The van der Waals surface area contributed by atoms with Crippen LogP contribution in [0.15, 0.2) is 11.2 Å². The van der Waals surface area contributed by atoms with E-state index in [0.29, 0.717) is 11.8 Å². The summed E-state index contributed by atoms with van der Waals surface area (Å²) in [5.74, 6) is -0.931. The number of thioether (sulfide) groups is 1. The molecule has 0 aromatic carbocycles. The minimum Gasteiger partial charge on any atom is -0.197 e. The summed E-state index contributed by atoms with van der Waals surface area (Å²) in [6.45, 7) is 0. The molecule has 11 heavy (non-hydrogen) atoms. The molecular formula is C4H4F3N3S. The molecule has 0 radical (unpaired) electrons. The first-order valence-corrected chi connectivity index (χ1v) is 3.62. The normalized spacial score (nSPS) is 11.9. The zero-order valence-electron chi connectivity index (χ0n) is 5.22. The maximum absolute atomic E-state index is 11.6. The minimum atomic E-state index is -4.15. The van der Waals surface area contributed by atoms with Crippen molar-refractivity contribution in [2.45, 2.75) is 11.2 Å². The summed E-state index contributed by atoms with van der Waals surface area (Å²) in [6.07, 6.45) is -2.90. The number of H-pyrrole nitrogens is 1. The molecule has 0 bridgehead atoms. The van der Waals surface area contributed by atoms with E-state index >= 15 is 0 Å². The van der Waals surface area contributed by atoms with Gasteiger partial charge in [-0.2, -0.15) is 23.5 Å². The molecule has 62 valence electrons. The Kier molecular flexibility index (Phi) is 2.38. The predicted molar refractivity (Wildman–Crippen MR) is 33.2 cm³/mol. The average molecular weight is 183 g/mol. The van der Waals surface area contributed by atoms with Gasteiger partial charge in [0.1, 0.15) is 5.03 Å². The van der Waals surface area contributed by atoms with Crippen molar-refractivity contribution >= 4 is 11.8 Å². The van der Waals surface area contributed by atoms with E-state index in [-0.39, 0.29) is 5.03 Å². The molecular weight excluding hydrogens is 179 g/mol. The number of nitrogens with one attached hydrogen (secondary N) is 1. The summed E-state index contributed by atoms with van der Waals surface area (Å²) >= 11 is 0.604. The fraction of sp³-hybridized carbons (Fsp3) is 0.500. The smallest absolute Gasteiger partial charge is 0.197 e. The van der Waals surface area contributed by atoms with Gasteiger partial charge >= 0.3 is 6.18 Å². The monoisotopic (exact) mass is 183 g/mol. The Morgan fingerprint density at radius 3 is 2.73 bits per heavy atom. The van der Waals surface area contributed by atoms with Crippen LogP contribution in [-0.4, -0.2) is 27.3 Å². The number of nitrogens with zero attached hydrogens (tertiary/aromatic N) is 2. The van der Waals surface area contributed by atoms with Gasteiger partial charge in [0.05, 0.1) is 11.9 Å². The topological polar surface area (TPSA) is 41.6 Å². The van der Waals surface area contributed by atoms with Crippen LogP contribution in [0.4, 0.5) is 13.2 Å². The molecule has 1 rings (SSSR count). The highest BCUT2D eigenvalue weighted by Gasteiger charge is 2.27. The molecule has 0 atom stereocenters. The summed E-state index contributed by atoms with van der Waals surface area (Å²) in [5.41, 5.74) is 0. The van der Waals surface area contributed by atoms with Crippen molar-refractivity contribution in [3.8, 4) is 0 Å². The predicted octanol–water partition coefficient (Wildman–Crippen LogP) is 1.46. The lowest BCUT2D eigenvalue weighted by Crippen LogP contribution is -2.10. The van der Waals surface area contributed by atoms with Crippen molar-refractivity contribution in [1.82, 2.24) is 15.4 Å². The third-order valence-corrected chi connectivity index (χ3v) is 1.74. The molecule has 0 saturated carbocycles. The minimum absolute atomic E-state index is 0.252. The Morgan fingerprint density at radius 1 is 1.55 bits per heavy atom. The third kappa shape index (κ3) is 3.26. The maximum Gasteiger partial charge on any atom is 0.398 e. The Hall–Kier alpha value is -0.720. The number of alkyl halides is 3. The van der Waals surface area contributed by atoms with Gasteiger partial charge in [0, 0.05) is 0 Å². The standard InChI is InChI=1S/C4H4F3N3S/c5-4(6,7)2-11-3-1-8-10-9-3/h1H,2H2,(H,8,9,10). The zero-order chi connectivity index (χ0) is 8.32. The fourth-order valence-electron chi connectivity index (χ4n) is 0.416. The van der Waals surface area contributed by atoms with Gasteiger partial charge < -0.3 is 0 Å². The lowest BCUT2D eigenvalue weighted by Gasteiger charge is -2.01. The van der Waals surface area contributed by atoms with Gasteiger partial charge in [-0.05, 0) is 0 Å². The SMILES string of the molecule is FC(F)(F)CSc1cn[nH]n1. The van der Waals surface area contributed by atoms with Gasteiger partial charge in [0.15, 0.2) is 0 Å². The summed E-state index contributed by atoms with van der Waals surface area (Å²) in [7, 11) is 0. The van der Waals surface area contributed by atoms with Gasteiger partial charge in [-0.15, -0.1) is 5.10 Å². The molecule has 0 unspecified atom stereocenters. The van der Waals surface area contributed by atoms with E-state index in [0.717, 1.165) is 0 Å².